The molecule has 0 aromatic rings. The minimum Gasteiger partial charge on any atom is -0.480 e. The molecule has 0 heterocycles. The highest BCUT2D eigenvalue weighted by Crippen LogP contribution is 2.18. The van der Waals surface area contributed by atoms with Crippen molar-refractivity contribution in [3.8, 4) is 0 Å². The minimum atomic E-state index is -1.00. The van der Waals surface area contributed by atoms with Crippen LogP contribution < -0.4 is 10.6 Å². The Bertz CT molecular complexity index is 395. The molecule has 0 fully saturated rings. The Morgan fingerprint density at radius 3 is 2.40 bits per heavy atom. The van der Waals surface area contributed by atoms with Crippen LogP contribution in [-0.4, -0.2) is 82.3 Å². The second kappa shape index (κ2) is 13.5. The van der Waals surface area contributed by atoms with Crippen molar-refractivity contribution >= 4 is 22.8 Å². The Morgan fingerprint density at radius 2 is 1.84 bits per heavy atom. The zero-order valence-corrected chi connectivity index (χ0v) is 15.8. The van der Waals surface area contributed by atoms with Gasteiger partial charge in [0.05, 0.1) is 12.7 Å². The summed E-state index contributed by atoms with van der Waals surface area (Å²) in [6.07, 6.45) is 0.628. The van der Waals surface area contributed by atoms with Gasteiger partial charge in [-0.1, -0.05) is 25.6 Å². The van der Waals surface area contributed by atoms with Crippen LogP contribution in [0.4, 0.5) is 0 Å². The maximum atomic E-state index is 11.5. The van der Waals surface area contributed by atoms with Gasteiger partial charge in [-0.2, -0.15) is 0 Å². The molecule has 2 atom stereocenters. The Hall–Kier alpha value is -0.710. The average molecular weight is 381 g/mol. The normalized spacial score (nSPS) is 14.3. The van der Waals surface area contributed by atoms with E-state index in [2.05, 4.69) is 10.6 Å². The summed E-state index contributed by atoms with van der Waals surface area (Å²) in [6.45, 7) is 4.81. The lowest BCUT2D eigenvalue weighted by atomic mass is 9.87. The lowest BCUT2D eigenvalue weighted by Crippen LogP contribution is -2.42. The quantitative estimate of drug-likeness (QED) is 0.206. The zero-order valence-electron chi connectivity index (χ0n) is 15.0. The number of carbonyl (C=O) groups is 2. The first-order valence-corrected chi connectivity index (χ1v) is 9.45. The summed E-state index contributed by atoms with van der Waals surface area (Å²) >= 11 is 0.965. The predicted octanol–water partition coefficient (Wildman–Crippen LogP) is -0.579. The Morgan fingerprint density at radius 1 is 1.16 bits per heavy atom. The summed E-state index contributed by atoms with van der Waals surface area (Å²) in [5.74, 6) is -0.855. The number of nitrogens with one attached hydrogen (secondary N) is 2. The molecule has 0 aliphatic heterocycles. The van der Waals surface area contributed by atoms with Gasteiger partial charge in [0.2, 0.25) is 0 Å². The number of carboxylic acids is 1. The maximum Gasteiger partial charge on any atom is 0.321 e. The van der Waals surface area contributed by atoms with Crippen LogP contribution in [0, 0.1) is 5.41 Å². The largest absolute Gasteiger partial charge is 0.480 e. The monoisotopic (exact) mass is 380 g/mol. The molecule has 0 bridgehead atoms. The molecule has 0 aliphatic rings. The number of hydrogen-bond acceptors (Lipinski definition) is 8. The lowest BCUT2D eigenvalue weighted by Gasteiger charge is -2.28. The van der Waals surface area contributed by atoms with E-state index in [1.54, 1.807) is 13.8 Å². The fourth-order valence-corrected chi connectivity index (χ4v) is 2.70. The SMILES string of the molecule is CC(C)(CO)[C@@H](O)CNCCCN[C@@H](CSC(=O)CCCO)C(=O)O. The van der Waals surface area contributed by atoms with Crippen molar-refractivity contribution in [3.63, 3.8) is 0 Å². The van der Waals surface area contributed by atoms with Crippen molar-refractivity contribution in [2.24, 2.45) is 5.41 Å². The third kappa shape index (κ3) is 11.5. The van der Waals surface area contributed by atoms with E-state index < -0.39 is 23.5 Å². The highest BCUT2D eigenvalue weighted by Gasteiger charge is 2.26. The summed E-state index contributed by atoms with van der Waals surface area (Å²) in [5.41, 5.74) is -0.570. The molecule has 0 aliphatic carbocycles. The van der Waals surface area contributed by atoms with Crippen LogP contribution in [0.1, 0.15) is 33.1 Å². The third-order valence-corrected chi connectivity index (χ3v) is 4.84. The van der Waals surface area contributed by atoms with Crippen molar-refractivity contribution in [3.05, 3.63) is 0 Å². The third-order valence-electron chi connectivity index (χ3n) is 3.82. The number of carboxylic acid groups (broad SMARTS) is 1. The van der Waals surface area contributed by atoms with Gasteiger partial charge in [0.1, 0.15) is 6.04 Å². The average Bonchev–Trinajstić information content (AvgIpc) is 2.57. The number of aliphatic hydroxyl groups excluding tert-OH is 3. The molecular weight excluding hydrogens is 348 g/mol. The molecule has 6 N–H and O–H groups in total. The first-order chi connectivity index (χ1) is 11.7. The van der Waals surface area contributed by atoms with E-state index in [0.717, 1.165) is 11.8 Å². The number of aliphatic carboxylic acids is 1. The van der Waals surface area contributed by atoms with Gasteiger partial charge in [0.25, 0.3) is 0 Å². The van der Waals surface area contributed by atoms with E-state index in [9.17, 15) is 14.7 Å². The second-order valence-electron chi connectivity index (χ2n) is 6.58. The molecule has 0 rings (SSSR count). The molecule has 8 nitrogen and oxygen atoms in total. The molecule has 0 saturated carbocycles. The van der Waals surface area contributed by atoms with E-state index in [1.165, 1.54) is 0 Å². The highest BCUT2D eigenvalue weighted by molar-refractivity contribution is 8.13. The molecule has 0 saturated heterocycles. The first kappa shape index (κ1) is 24.3. The summed E-state index contributed by atoms with van der Waals surface area (Å²) in [5, 5.41) is 42.7. The van der Waals surface area contributed by atoms with E-state index in [4.69, 9.17) is 15.3 Å². The van der Waals surface area contributed by atoms with Crippen LogP contribution in [0.2, 0.25) is 0 Å². The van der Waals surface area contributed by atoms with E-state index in [1.807, 2.05) is 0 Å². The van der Waals surface area contributed by atoms with Crippen LogP contribution in [0.15, 0.2) is 0 Å². The van der Waals surface area contributed by atoms with Gasteiger partial charge in [-0.25, -0.2) is 0 Å². The number of thioether (sulfide) groups is 1. The topological polar surface area (TPSA) is 139 Å². The Labute approximate surface area is 153 Å². The number of rotatable bonds is 15. The molecule has 9 heteroatoms. The Kier molecular flexibility index (Phi) is 13.1. The van der Waals surface area contributed by atoms with Gasteiger partial charge in [0, 0.05) is 30.7 Å². The van der Waals surface area contributed by atoms with Gasteiger partial charge in [0.15, 0.2) is 5.12 Å². The van der Waals surface area contributed by atoms with Crippen LogP contribution in [0.5, 0.6) is 0 Å². The summed E-state index contributed by atoms with van der Waals surface area (Å²) in [6, 6.07) is -0.804. The molecule has 148 valence electrons. The molecule has 0 aromatic heterocycles. The van der Waals surface area contributed by atoms with E-state index in [0.29, 0.717) is 32.5 Å². The lowest BCUT2D eigenvalue weighted by molar-refractivity contribution is -0.138. The molecule has 0 aromatic carbocycles. The summed E-state index contributed by atoms with van der Waals surface area (Å²) in [4.78, 5) is 22.7. The number of carbonyl (C=O) groups excluding carboxylic acids is 1. The second-order valence-corrected chi connectivity index (χ2v) is 7.65. The molecule has 0 radical (unpaired) electrons. The molecule has 0 spiro atoms. The van der Waals surface area contributed by atoms with Crippen molar-refractivity contribution in [2.45, 2.75) is 45.3 Å². The van der Waals surface area contributed by atoms with Crippen LogP contribution in [0.25, 0.3) is 0 Å². The fourth-order valence-electron chi connectivity index (χ4n) is 1.80. The summed E-state index contributed by atoms with van der Waals surface area (Å²) in [7, 11) is 0. The molecular formula is C16H32N2O6S. The van der Waals surface area contributed by atoms with Gasteiger partial charge in [-0.05, 0) is 25.9 Å². The van der Waals surface area contributed by atoms with Crippen molar-refractivity contribution in [1.82, 2.24) is 10.6 Å². The van der Waals surface area contributed by atoms with Crippen LogP contribution in [-0.2, 0) is 9.59 Å². The van der Waals surface area contributed by atoms with Crippen molar-refractivity contribution < 1.29 is 30.0 Å². The van der Waals surface area contributed by atoms with Gasteiger partial charge in [-0.3, -0.25) is 9.59 Å². The minimum absolute atomic E-state index is 0.0515. The van der Waals surface area contributed by atoms with Crippen molar-refractivity contribution in [2.75, 3.05) is 38.6 Å². The number of aliphatic hydroxyl groups is 3. The van der Waals surface area contributed by atoms with Gasteiger partial charge >= 0.3 is 5.97 Å². The standard InChI is InChI=1S/C16H32N2O6S/c1-16(2,11-20)13(21)9-17-6-4-7-18-12(15(23)24)10-25-14(22)5-3-8-19/h12-13,17-21H,3-11H2,1-2H3,(H,23,24)/t12-,13-/m0/s1. The van der Waals surface area contributed by atoms with E-state index in [-0.39, 0.29) is 30.5 Å². The molecule has 0 unspecified atom stereocenters. The number of hydrogen-bond donors (Lipinski definition) is 6. The molecule has 25 heavy (non-hydrogen) atoms. The van der Waals surface area contributed by atoms with E-state index >= 15 is 0 Å². The zero-order chi connectivity index (χ0) is 19.3. The first-order valence-electron chi connectivity index (χ1n) is 8.47. The molecule has 0 amide bonds. The Balaban J connectivity index is 3.91. The highest BCUT2D eigenvalue weighted by atomic mass is 32.2. The van der Waals surface area contributed by atoms with Gasteiger partial charge < -0.3 is 31.1 Å². The predicted molar refractivity (Wildman–Crippen MR) is 97.6 cm³/mol. The smallest absolute Gasteiger partial charge is 0.321 e. The van der Waals surface area contributed by atoms with Gasteiger partial charge in [-0.15, -0.1) is 0 Å². The fraction of sp³-hybridized carbons (Fsp3) is 0.875. The van der Waals surface area contributed by atoms with Crippen molar-refractivity contribution in [1.29, 1.82) is 0 Å². The summed E-state index contributed by atoms with van der Waals surface area (Å²) < 4.78 is 0. The van der Waals surface area contributed by atoms with Crippen LogP contribution in [0.3, 0.4) is 0 Å². The van der Waals surface area contributed by atoms with Crippen LogP contribution >= 0.6 is 11.8 Å². The maximum absolute atomic E-state index is 11.5.